The summed E-state index contributed by atoms with van der Waals surface area (Å²) in [4.78, 5) is 10.5. The molecule has 0 spiro atoms. The first-order chi connectivity index (χ1) is 9.25. The van der Waals surface area contributed by atoms with Crippen molar-refractivity contribution in [3.05, 3.63) is 46.0 Å². The van der Waals surface area contributed by atoms with Crippen LogP contribution in [-0.4, -0.2) is 19.7 Å². The van der Waals surface area contributed by atoms with Crippen molar-refractivity contribution in [3.63, 3.8) is 0 Å². The van der Waals surface area contributed by atoms with Gasteiger partial charge in [0.1, 0.15) is 11.5 Å². The summed E-state index contributed by atoms with van der Waals surface area (Å²) in [5.74, 6) is 1.82. The van der Waals surface area contributed by atoms with E-state index in [1.807, 2.05) is 0 Å². The van der Waals surface area contributed by atoms with E-state index in [0.29, 0.717) is 12.2 Å². The van der Waals surface area contributed by atoms with Crippen LogP contribution in [0.3, 0.4) is 0 Å². The van der Waals surface area contributed by atoms with E-state index in [1.165, 1.54) is 6.07 Å². The number of rotatable bonds is 4. The Morgan fingerprint density at radius 1 is 1.37 bits per heavy atom. The van der Waals surface area contributed by atoms with Gasteiger partial charge in [0, 0.05) is 19.0 Å². The van der Waals surface area contributed by atoms with Gasteiger partial charge in [-0.25, -0.2) is 0 Å². The smallest absolute Gasteiger partial charge is 0.292 e. The number of benzene rings is 1. The second-order valence-electron chi connectivity index (χ2n) is 4.42. The van der Waals surface area contributed by atoms with Gasteiger partial charge in [-0.1, -0.05) is 12.1 Å². The maximum atomic E-state index is 10.9. The maximum absolute atomic E-state index is 10.9. The third kappa shape index (κ3) is 2.14. The second kappa shape index (κ2) is 4.68. The minimum absolute atomic E-state index is 0.0728. The molecule has 1 aromatic carbocycles. The first-order valence-electron chi connectivity index (χ1n) is 6.14. The average molecular weight is 259 g/mol. The van der Waals surface area contributed by atoms with Crippen LogP contribution in [0.1, 0.15) is 18.1 Å². The zero-order chi connectivity index (χ0) is 13.2. The highest BCUT2D eigenvalue weighted by molar-refractivity contribution is 5.60. The topological polar surface area (TPSA) is 85.9 Å². The summed E-state index contributed by atoms with van der Waals surface area (Å²) in [6.07, 6.45) is 2.04. The number of aromatic nitrogens is 3. The number of fused-ring (bicyclic) bond motifs is 1. The van der Waals surface area contributed by atoms with Gasteiger partial charge < -0.3 is 9.88 Å². The zero-order valence-electron chi connectivity index (χ0n) is 10.2. The number of para-hydroxylation sites is 2. The van der Waals surface area contributed by atoms with Gasteiger partial charge in [0.25, 0.3) is 5.69 Å². The summed E-state index contributed by atoms with van der Waals surface area (Å²) in [7, 11) is 0. The SMILES string of the molecule is O=[N+]([O-])c1ccccc1NCc1nnc2n1CCC2. The van der Waals surface area contributed by atoms with Gasteiger partial charge in [0.05, 0.1) is 11.5 Å². The highest BCUT2D eigenvalue weighted by Crippen LogP contribution is 2.24. The molecular weight excluding hydrogens is 246 g/mol. The van der Waals surface area contributed by atoms with Crippen molar-refractivity contribution < 1.29 is 4.92 Å². The summed E-state index contributed by atoms with van der Waals surface area (Å²) < 4.78 is 2.07. The molecule has 0 bridgehead atoms. The lowest BCUT2D eigenvalue weighted by atomic mass is 10.2. The number of aryl methyl sites for hydroxylation is 1. The molecule has 0 radical (unpaired) electrons. The monoisotopic (exact) mass is 259 g/mol. The lowest BCUT2D eigenvalue weighted by Gasteiger charge is -2.07. The van der Waals surface area contributed by atoms with Gasteiger partial charge in [-0.05, 0) is 12.5 Å². The Morgan fingerprint density at radius 3 is 3.05 bits per heavy atom. The fourth-order valence-electron chi connectivity index (χ4n) is 2.30. The van der Waals surface area contributed by atoms with E-state index in [9.17, 15) is 10.1 Å². The summed E-state index contributed by atoms with van der Waals surface area (Å²) in [6, 6.07) is 6.59. The van der Waals surface area contributed by atoms with Gasteiger partial charge in [-0.2, -0.15) is 0 Å². The summed E-state index contributed by atoms with van der Waals surface area (Å²) >= 11 is 0. The molecule has 3 rings (SSSR count). The number of hydrogen-bond donors (Lipinski definition) is 1. The van der Waals surface area contributed by atoms with E-state index in [4.69, 9.17) is 0 Å². The van der Waals surface area contributed by atoms with Gasteiger partial charge in [0.15, 0.2) is 5.82 Å². The summed E-state index contributed by atoms with van der Waals surface area (Å²) in [6.45, 7) is 1.37. The van der Waals surface area contributed by atoms with Crippen molar-refractivity contribution in [1.29, 1.82) is 0 Å². The molecule has 0 fully saturated rings. The van der Waals surface area contributed by atoms with Crippen LogP contribution in [0, 0.1) is 10.1 Å². The highest BCUT2D eigenvalue weighted by Gasteiger charge is 2.18. The Balaban J connectivity index is 1.77. The quantitative estimate of drug-likeness (QED) is 0.667. The van der Waals surface area contributed by atoms with E-state index in [-0.39, 0.29) is 5.69 Å². The van der Waals surface area contributed by atoms with E-state index in [0.717, 1.165) is 31.0 Å². The van der Waals surface area contributed by atoms with Crippen molar-refractivity contribution in [2.45, 2.75) is 25.9 Å². The van der Waals surface area contributed by atoms with Crippen LogP contribution in [0.15, 0.2) is 24.3 Å². The van der Waals surface area contributed by atoms with E-state index in [2.05, 4.69) is 20.1 Å². The Hall–Kier alpha value is -2.44. The minimum Gasteiger partial charge on any atom is -0.372 e. The minimum atomic E-state index is -0.392. The molecular formula is C12H13N5O2. The fourth-order valence-corrected chi connectivity index (χ4v) is 2.30. The molecule has 98 valence electrons. The molecule has 0 aliphatic carbocycles. The molecule has 2 aromatic rings. The molecule has 0 unspecified atom stereocenters. The lowest BCUT2D eigenvalue weighted by Crippen LogP contribution is -2.08. The summed E-state index contributed by atoms with van der Waals surface area (Å²) in [5, 5.41) is 22.2. The molecule has 1 aliphatic heterocycles. The van der Waals surface area contributed by atoms with Gasteiger partial charge in [0.2, 0.25) is 0 Å². The molecule has 0 atom stereocenters. The molecule has 7 heteroatoms. The normalized spacial score (nSPS) is 13.3. The number of hydrogen-bond acceptors (Lipinski definition) is 5. The molecule has 1 aliphatic rings. The predicted octanol–water partition coefficient (Wildman–Crippen LogP) is 1.74. The molecule has 19 heavy (non-hydrogen) atoms. The van der Waals surface area contributed by atoms with Crippen molar-refractivity contribution in [2.75, 3.05) is 5.32 Å². The lowest BCUT2D eigenvalue weighted by molar-refractivity contribution is -0.384. The fraction of sp³-hybridized carbons (Fsp3) is 0.333. The van der Waals surface area contributed by atoms with Crippen LogP contribution >= 0.6 is 0 Å². The van der Waals surface area contributed by atoms with Crippen LogP contribution in [0.25, 0.3) is 0 Å². The zero-order valence-corrected chi connectivity index (χ0v) is 10.2. The van der Waals surface area contributed by atoms with Crippen LogP contribution < -0.4 is 5.32 Å². The molecule has 0 amide bonds. The average Bonchev–Trinajstić information content (AvgIpc) is 3.00. The van der Waals surface area contributed by atoms with Crippen molar-refractivity contribution in [3.8, 4) is 0 Å². The molecule has 1 aromatic heterocycles. The van der Waals surface area contributed by atoms with Crippen LogP contribution in [0.2, 0.25) is 0 Å². The number of nitro benzene ring substituents is 1. The molecule has 2 heterocycles. The van der Waals surface area contributed by atoms with Gasteiger partial charge >= 0.3 is 0 Å². The van der Waals surface area contributed by atoms with Gasteiger partial charge in [-0.3, -0.25) is 10.1 Å². The third-order valence-corrected chi connectivity index (χ3v) is 3.22. The van der Waals surface area contributed by atoms with Crippen LogP contribution in [0.4, 0.5) is 11.4 Å². The van der Waals surface area contributed by atoms with Crippen LogP contribution in [-0.2, 0) is 19.5 Å². The van der Waals surface area contributed by atoms with E-state index >= 15 is 0 Å². The number of nitrogens with zero attached hydrogens (tertiary/aromatic N) is 4. The summed E-state index contributed by atoms with van der Waals surface area (Å²) in [5.41, 5.74) is 0.575. The highest BCUT2D eigenvalue weighted by atomic mass is 16.6. The largest absolute Gasteiger partial charge is 0.372 e. The maximum Gasteiger partial charge on any atom is 0.292 e. The molecule has 1 N–H and O–H groups in total. The van der Waals surface area contributed by atoms with Crippen molar-refractivity contribution in [2.24, 2.45) is 0 Å². The number of nitro groups is 1. The molecule has 7 nitrogen and oxygen atoms in total. The Kier molecular flexibility index (Phi) is 2.86. The molecule has 0 saturated heterocycles. The number of nitrogens with one attached hydrogen (secondary N) is 1. The van der Waals surface area contributed by atoms with E-state index in [1.54, 1.807) is 18.2 Å². The second-order valence-corrected chi connectivity index (χ2v) is 4.42. The first-order valence-corrected chi connectivity index (χ1v) is 6.14. The third-order valence-electron chi connectivity index (χ3n) is 3.22. The molecule has 0 saturated carbocycles. The Labute approximate surface area is 109 Å². The van der Waals surface area contributed by atoms with E-state index < -0.39 is 4.92 Å². The standard InChI is InChI=1S/C12H13N5O2/c18-17(19)10-5-2-1-4-9(10)13-8-12-15-14-11-6-3-7-16(11)12/h1-2,4-5,13H,3,6-8H2. The van der Waals surface area contributed by atoms with Crippen LogP contribution in [0.5, 0.6) is 0 Å². The Bertz CT molecular complexity index is 622. The predicted molar refractivity (Wildman–Crippen MR) is 68.8 cm³/mol. The van der Waals surface area contributed by atoms with Gasteiger partial charge in [-0.15, -0.1) is 10.2 Å². The van der Waals surface area contributed by atoms with Crippen molar-refractivity contribution >= 4 is 11.4 Å². The first kappa shape index (κ1) is 11.6. The van der Waals surface area contributed by atoms with Crippen molar-refractivity contribution in [1.82, 2.24) is 14.8 Å². The number of anilines is 1. The Morgan fingerprint density at radius 2 is 2.21 bits per heavy atom.